The van der Waals surface area contributed by atoms with Gasteiger partial charge in [-0.05, 0) is 18.4 Å². The number of nitro groups is 1. The monoisotopic (exact) mass is 292 g/mol. The van der Waals surface area contributed by atoms with Gasteiger partial charge in [0.1, 0.15) is 6.33 Å². The Morgan fingerprint density at radius 2 is 2.00 bits per heavy atom. The van der Waals surface area contributed by atoms with Crippen LogP contribution >= 0.6 is 11.6 Å². The minimum atomic E-state index is -0.581. The highest BCUT2D eigenvalue weighted by Crippen LogP contribution is 2.28. The van der Waals surface area contributed by atoms with E-state index in [9.17, 15) is 10.1 Å². The highest BCUT2D eigenvalue weighted by atomic mass is 35.5. The van der Waals surface area contributed by atoms with Crippen LogP contribution in [0.15, 0.2) is 36.7 Å². The Kier molecular flexibility index (Phi) is 4.84. The summed E-state index contributed by atoms with van der Waals surface area (Å²) in [5.41, 5.74) is 0.943. The summed E-state index contributed by atoms with van der Waals surface area (Å²) in [6.45, 7) is 0.572. The molecule has 2 aromatic rings. The Morgan fingerprint density at radius 3 is 2.70 bits per heavy atom. The second-order valence-electron chi connectivity index (χ2n) is 4.13. The standard InChI is InChI=1S/C13H13ClN4O2/c14-12-11(18(19)20)13(17-9-16-12)15-8-4-7-10-5-2-1-3-6-10/h1-3,5-6,9H,4,7-8H2,(H,15,16,17). The SMILES string of the molecule is O=[N+]([O-])c1c(Cl)ncnc1NCCCc1ccccc1. The third-order valence-electron chi connectivity index (χ3n) is 2.74. The number of benzene rings is 1. The maximum absolute atomic E-state index is 10.9. The molecule has 0 bridgehead atoms. The number of hydrogen-bond donors (Lipinski definition) is 1. The van der Waals surface area contributed by atoms with Gasteiger partial charge in [-0.2, -0.15) is 0 Å². The van der Waals surface area contributed by atoms with Crippen LogP contribution in [0.1, 0.15) is 12.0 Å². The molecule has 0 saturated carbocycles. The Hall–Kier alpha value is -2.21. The van der Waals surface area contributed by atoms with Gasteiger partial charge in [0, 0.05) is 6.54 Å². The maximum Gasteiger partial charge on any atom is 0.348 e. The fraction of sp³-hybridized carbons (Fsp3) is 0.231. The summed E-state index contributed by atoms with van der Waals surface area (Å²) in [4.78, 5) is 17.8. The van der Waals surface area contributed by atoms with Crippen molar-refractivity contribution >= 4 is 23.1 Å². The van der Waals surface area contributed by atoms with Crippen LogP contribution in [0, 0.1) is 10.1 Å². The van der Waals surface area contributed by atoms with Gasteiger partial charge in [-0.3, -0.25) is 10.1 Å². The van der Waals surface area contributed by atoms with Crippen LogP contribution in [0.5, 0.6) is 0 Å². The number of hydrogen-bond acceptors (Lipinski definition) is 5. The molecule has 0 unspecified atom stereocenters. The third-order valence-corrected chi connectivity index (χ3v) is 3.01. The number of nitrogens with zero attached hydrogens (tertiary/aromatic N) is 3. The van der Waals surface area contributed by atoms with E-state index in [4.69, 9.17) is 11.6 Å². The fourth-order valence-corrected chi connectivity index (χ4v) is 1.99. The van der Waals surface area contributed by atoms with Crippen LogP contribution in [-0.4, -0.2) is 21.4 Å². The molecule has 0 saturated heterocycles. The lowest BCUT2D eigenvalue weighted by Crippen LogP contribution is -2.08. The summed E-state index contributed by atoms with van der Waals surface area (Å²) in [5, 5.41) is 13.7. The predicted molar refractivity (Wildman–Crippen MR) is 76.9 cm³/mol. The smallest absolute Gasteiger partial charge is 0.348 e. The summed E-state index contributed by atoms with van der Waals surface area (Å²) >= 11 is 5.70. The van der Waals surface area contributed by atoms with Gasteiger partial charge >= 0.3 is 5.69 Å². The van der Waals surface area contributed by atoms with Gasteiger partial charge in [0.25, 0.3) is 0 Å². The summed E-state index contributed by atoms with van der Waals surface area (Å²) in [7, 11) is 0. The van der Waals surface area contributed by atoms with Crippen LogP contribution < -0.4 is 5.32 Å². The van der Waals surface area contributed by atoms with E-state index in [1.165, 1.54) is 11.9 Å². The molecule has 7 heteroatoms. The summed E-state index contributed by atoms with van der Waals surface area (Å²) in [6, 6.07) is 10.0. The second-order valence-corrected chi connectivity index (χ2v) is 4.49. The van der Waals surface area contributed by atoms with E-state index in [0.717, 1.165) is 12.8 Å². The Bertz CT molecular complexity index is 592. The molecule has 1 aromatic carbocycles. The molecule has 20 heavy (non-hydrogen) atoms. The van der Waals surface area contributed by atoms with Gasteiger partial charge in [-0.15, -0.1) is 0 Å². The lowest BCUT2D eigenvalue weighted by Gasteiger charge is -2.06. The van der Waals surface area contributed by atoms with Crippen LogP contribution in [-0.2, 0) is 6.42 Å². The highest BCUT2D eigenvalue weighted by Gasteiger charge is 2.20. The van der Waals surface area contributed by atoms with Crippen molar-refractivity contribution in [3.8, 4) is 0 Å². The molecule has 0 radical (unpaired) electrons. The largest absolute Gasteiger partial charge is 0.364 e. The summed E-state index contributed by atoms with van der Waals surface area (Å²) < 4.78 is 0. The Morgan fingerprint density at radius 1 is 1.25 bits per heavy atom. The average molecular weight is 293 g/mol. The first-order valence-corrected chi connectivity index (χ1v) is 6.49. The zero-order valence-electron chi connectivity index (χ0n) is 10.6. The number of aryl methyl sites for hydroxylation is 1. The topological polar surface area (TPSA) is 81.0 Å². The van der Waals surface area contributed by atoms with Gasteiger partial charge in [0.05, 0.1) is 4.92 Å². The molecular weight excluding hydrogens is 280 g/mol. The second kappa shape index (κ2) is 6.81. The third kappa shape index (κ3) is 3.64. The number of anilines is 1. The Balaban J connectivity index is 1.92. The zero-order valence-corrected chi connectivity index (χ0v) is 11.4. The van der Waals surface area contributed by atoms with E-state index < -0.39 is 4.92 Å². The number of halogens is 1. The molecule has 0 aliphatic heterocycles. The molecule has 1 heterocycles. The van der Waals surface area contributed by atoms with Gasteiger partial charge < -0.3 is 5.32 Å². The molecule has 0 fully saturated rings. The van der Waals surface area contributed by atoms with Crippen LogP contribution in [0.4, 0.5) is 11.5 Å². The minimum Gasteiger partial charge on any atom is -0.364 e. The lowest BCUT2D eigenvalue weighted by molar-refractivity contribution is -0.384. The van der Waals surface area contributed by atoms with Crippen molar-refractivity contribution in [2.45, 2.75) is 12.8 Å². The summed E-state index contributed by atoms with van der Waals surface area (Å²) in [6.07, 6.45) is 2.93. The van der Waals surface area contributed by atoms with Gasteiger partial charge in [0.2, 0.25) is 11.0 Å². The number of nitrogens with one attached hydrogen (secondary N) is 1. The minimum absolute atomic E-state index is 0.156. The molecule has 0 aliphatic carbocycles. The van der Waals surface area contributed by atoms with Gasteiger partial charge in [0.15, 0.2) is 0 Å². The first-order chi connectivity index (χ1) is 9.68. The van der Waals surface area contributed by atoms with Gasteiger partial charge in [-0.25, -0.2) is 9.97 Å². The predicted octanol–water partition coefficient (Wildman–Crippen LogP) is 3.08. The van der Waals surface area contributed by atoms with Crippen molar-refractivity contribution in [2.75, 3.05) is 11.9 Å². The Labute approximate surface area is 121 Å². The lowest BCUT2D eigenvalue weighted by atomic mass is 10.1. The van der Waals surface area contributed by atoms with E-state index >= 15 is 0 Å². The molecule has 0 aliphatic rings. The van der Waals surface area contributed by atoms with Crippen LogP contribution in [0.2, 0.25) is 5.15 Å². The van der Waals surface area contributed by atoms with E-state index in [0.29, 0.717) is 6.54 Å². The molecule has 1 N–H and O–H groups in total. The first kappa shape index (κ1) is 14.2. The molecule has 2 rings (SSSR count). The average Bonchev–Trinajstić information content (AvgIpc) is 2.44. The fourth-order valence-electron chi connectivity index (χ4n) is 1.79. The molecule has 1 aromatic heterocycles. The van der Waals surface area contributed by atoms with Crippen molar-refractivity contribution in [1.29, 1.82) is 0 Å². The molecule has 6 nitrogen and oxygen atoms in total. The van der Waals surface area contributed by atoms with Crippen molar-refractivity contribution < 1.29 is 4.92 Å². The van der Waals surface area contributed by atoms with E-state index in [1.54, 1.807) is 0 Å². The van der Waals surface area contributed by atoms with Crippen molar-refractivity contribution in [1.82, 2.24) is 9.97 Å². The summed E-state index contributed by atoms with van der Waals surface area (Å²) in [5.74, 6) is 0.156. The van der Waals surface area contributed by atoms with Crippen LogP contribution in [0.25, 0.3) is 0 Å². The molecule has 0 amide bonds. The number of rotatable bonds is 6. The molecule has 0 spiro atoms. The molecular formula is C13H13ClN4O2. The van der Waals surface area contributed by atoms with Crippen molar-refractivity contribution in [3.63, 3.8) is 0 Å². The highest BCUT2D eigenvalue weighted by molar-refractivity contribution is 6.31. The first-order valence-electron chi connectivity index (χ1n) is 6.11. The molecule has 104 valence electrons. The van der Waals surface area contributed by atoms with E-state index in [1.807, 2.05) is 30.3 Å². The number of aromatic nitrogens is 2. The van der Waals surface area contributed by atoms with Crippen LogP contribution in [0.3, 0.4) is 0 Å². The molecule has 0 atom stereocenters. The normalized spacial score (nSPS) is 10.2. The van der Waals surface area contributed by atoms with Gasteiger partial charge in [-0.1, -0.05) is 41.9 Å². The van der Waals surface area contributed by atoms with Crippen molar-refractivity contribution in [2.24, 2.45) is 0 Å². The zero-order chi connectivity index (χ0) is 14.4. The quantitative estimate of drug-likeness (QED) is 0.383. The van der Waals surface area contributed by atoms with E-state index in [-0.39, 0.29) is 16.7 Å². The van der Waals surface area contributed by atoms with Crippen molar-refractivity contribution in [3.05, 3.63) is 57.5 Å². The maximum atomic E-state index is 10.9. The van der Waals surface area contributed by atoms with E-state index in [2.05, 4.69) is 15.3 Å².